The van der Waals surface area contributed by atoms with Crippen molar-refractivity contribution >= 4 is 11.7 Å². The summed E-state index contributed by atoms with van der Waals surface area (Å²) in [7, 11) is 0. The fourth-order valence-electron chi connectivity index (χ4n) is 2.82. The Labute approximate surface area is 131 Å². The summed E-state index contributed by atoms with van der Waals surface area (Å²) in [6.45, 7) is 0. The topological polar surface area (TPSA) is 63.3 Å². The highest BCUT2D eigenvalue weighted by molar-refractivity contribution is 6.04. The van der Waals surface area contributed by atoms with Crippen LogP contribution in [0, 0.1) is 5.82 Å². The van der Waals surface area contributed by atoms with Crippen molar-refractivity contribution in [2.24, 2.45) is 4.99 Å². The summed E-state index contributed by atoms with van der Waals surface area (Å²) in [5.41, 5.74) is 2.04. The Morgan fingerprint density at radius 3 is 2.78 bits per heavy atom. The molecule has 1 N–H and O–H groups in total. The number of benzene rings is 2. The lowest BCUT2D eigenvalue weighted by molar-refractivity contribution is 0.470. The summed E-state index contributed by atoms with van der Waals surface area (Å²) in [4.78, 5) is 8.58. The summed E-state index contributed by atoms with van der Waals surface area (Å²) in [6.07, 6.45) is 1.94. The van der Waals surface area contributed by atoms with Gasteiger partial charge in [0.1, 0.15) is 17.9 Å². The molecule has 6 heteroatoms. The van der Waals surface area contributed by atoms with Gasteiger partial charge >= 0.3 is 0 Å². The molecule has 1 atom stereocenters. The molecule has 114 valence electrons. The number of fused-ring (bicyclic) bond motifs is 1. The van der Waals surface area contributed by atoms with Crippen molar-refractivity contribution in [3.8, 4) is 5.75 Å². The fraction of sp³-hybridized carbons (Fsp3) is 0.118. The van der Waals surface area contributed by atoms with Gasteiger partial charge in [0.2, 0.25) is 5.95 Å². The van der Waals surface area contributed by atoms with E-state index in [0.29, 0.717) is 23.6 Å². The van der Waals surface area contributed by atoms with Crippen LogP contribution in [0.15, 0.2) is 59.9 Å². The smallest absolute Gasteiger partial charge is 0.248 e. The first kappa shape index (κ1) is 13.6. The Bertz CT molecular complexity index is 889. The highest BCUT2D eigenvalue weighted by Crippen LogP contribution is 2.34. The number of halogens is 1. The number of nitrogens with zero attached hydrogens (tertiary/aromatic N) is 4. The van der Waals surface area contributed by atoms with Crippen molar-refractivity contribution < 1.29 is 9.50 Å². The number of phenols is 1. The third-order valence-corrected chi connectivity index (χ3v) is 3.92. The SMILES string of the molecule is Oc1ccc(F)cc1C1=Nc2ncnn2[C@@H](c2ccccc2)C1. The van der Waals surface area contributed by atoms with Gasteiger partial charge < -0.3 is 5.11 Å². The Balaban J connectivity index is 1.83. The van der Waals surface area contributed by atoms with Gasteiger partial charge in [-0.05, 0) is 23.8 Å². The number of hydrogen-bond donors (Lipinski definition) is 1. The van der Waals surface area contributed by atoms with Crippen molar-refractivity contribution in [3.05, 3.63) is 71.8 Å². The summed E-state index contributed by atoms with van der Waals surface area (Å²) in [5.74, 6) is 0.0393. The van der Waals surface area contributed by atoms with Crippen molar-refractivity contribution in [1.82, 2.24) is 14.8 Å². The van der Waals surface area contributed by atoms with Crippen molar-refractivity contribution in [2.75, 3.05) is 0 Å². The normalized spacial score (nSPS) is 16.7. The second kappa shape index (κ2) is 5.31. The van der Waals surface area contributed by atoms with Crippen LogP contribution in [0.25, 0.3) is 0 Å². The van der Waals surface area contributed by atoms with E-state index in [2.05, 4.69) is 15.1 Å². The first-order valence-electron chi connectivity index (χ1n) is 7.23. The minimum Gasteiger partial charge on any atom is -0.507 e. The zero-order valence-corrected chi connectivity index (χ0v) is 12.1. The molecule has 1 aliphatic heterocycles. The van der Waals surface area contributed by atoms with Gasteiger partial charge in [-0.25, -0.2) is 14.1 Å². The van der Waals surface area contributed by atoms with Crippen LogP contribution in [0.1, 0.15) is 23.6 Å². The van der Waals surface area contributed by atoms with Gasteiger partial charge in [0.05, 0.1) is 11.8 Å². The second-order valence-corrected chi connectivity index (χ2v) is 5.36. The summed E-state index contributed by atoms with van der Waals surface area (Å²) >= 11 is 0. The largest absolute Gasteiger partial charge is 0.507 e. The first-order chi connectivity index (χ1) is 11.2. The lowest BCUT2D eigenvalue weighted by Gasteiger charge is -2.24. The van der Waals surface area contributed by atoms with E-state index in [1.54, 1.807) is 4.68 Å². The van der Waals surface area contributed by atoms with Crippen molar-refractivity contribution in [3.63, 3.8) is 0 Å². The predicted molar refractivity (Wildman–Crippen MR) is 83.5 cm³/mol. The molecule has 0 aliphatic carbocycles. The zero-order valence-electron chi connectivity index (χ0n) is 12.1. The van der Waals surface area contributed by atoms with E-state index in [4.69, 9.17) is 0 Å². The maximum absolute atomic E-state index is 13.6. The van der Waals surface area contributed by atoms with Crippen LogP contribution in [-0.4, -0.2) is 25.6 Å². The van der Waals surface area contributed by atoms with Crippen LogP contribution in [0.5, 0.6) is 5.75 Å². The first-order valence-corrected chi connectivity index (χ1v) is 7.23. The molecule has 3 aromatic rings. The molecule has 0 fully saturated rings. The molecular formula is C17H13FN4O. The maximum Gasteiger partial charge on any atom is 0.248 e. The summed E-state index contributed by atoms with van der Waals surface area (Å²) in [6, 6.07) is 13.6. The van der Waals surface area contributed by atoms with E-state index in [1.165, 1.54) is 24.5 Å². The summed E-state index contributed by atoms with van der Waals surface area (Å²) in [5, 5.41) is 14.3. The van der Waals surface area contributed by atoms with E-state index < -0.39 is 5.82 Å². The molecular weight excluding hydrogens is 295 g/mol. The average molecular weight is 308 g/mol. The lowest BCUT2D eigenvalue weighted by atomic mass is 9.95. The number of aliphatic imine (C=N–C) groups is 1. The number of aromatic hydroxyl groups is 1. The minimum atomic E-state index is -0.413. The van der Waals surface area contributed by atoms with Crippen LogP contribution < -0.4 is 0 Å². The van der Waals surface area contributed by atoms with Crippen LogP contribution in [0.2, 0.25) is 0 Å². The minimum absolute atomic E-state index is 0.00456. The molecule has 0 saturated heterocycles. The van der Waals surface area contributed by atoms with Gasteiger partial charge in [-0.3, -0.25) is 0 Å². The number of hydrogen-bond acceptors (Lipinski definition) is 4. The Hall–Kier alpha value is -3.02. The van der Waals surface area contributed by atoms with Gasteiger partial charge in [-0.2, -0.15) is 10.1 Å². The van der Waals surface area contributed by atoms with E-state index >= 15 is 0 Å². The monoisotopic (exact) mass is 308 g/mol. The molecule has 4 rings (SSSR count). The van der Waals surface area contributed by atoms with Gasteiger partial charge in [0.15, 0.2) is 0 Å². The third-order valence-electron chi connectivity index (χ3n) is 3.92. The Kier molecular flexibility index (Phi) is 3.15. The van der Waals surface area contributed by atoms with Crippen molar-refractivity contribution in [1.29, 1.82) is 0 Å². The number of phenolic OH excluding ortho intramolecular Hbond substituents is 1. The standard InChI is InChI=1S/C17H13FN4O/c18-12-6-7-16(23)13(8-12)14-9-15(11-4-2-1-3-5-11)22-17(21-14)19-10-20-22/h1-8,10,15,23H,9H2/t15-/m1/s1. The molecule has 1 aromatic heterocycles. The molecule has 2 heterocycles. The van der Waals surface area contributed by atoms with E-state index in [9.17, 15) is 9.50 Å². The van der Waals surface area contributed by atoms with Gasteiger partial charge in [-0.15, -0.1) is 0 Å². The van der Waals surface area contributed by atoms with Gasteiger partial charge in [0, 0.05) is 12.0 Å². The molecule has 0 saturated carbocycles. The molecule has 0 spiro atoms. The van der Waals surface area contributed by atoms with E-state index in [1.807, 2.05) is 30.3 Å². The molecule has 2 aromatic carbocycles. The summed E-state index contributed by atoms with van der Waals surface area (Å²) < 4.78 is 15.3. The second-order valence-electron chi connectivity index (χ2n) is 5.36. The number of rotatable bonds is 2. The van der Waals surface area contributed by atoms with Crippen LogP contribution in [0.4, 0.5) is 10.3 Å². The zero-order chi connectivity index (χ0) is 15.8. The average Bonchev–Trinajstić information content (AvgIpc) is 3.05. The molecule has 0 radical (unpaired) electrons. The van der Waals surface area contributed by atoms with Gasteiger partial charge in [0.25, 0.3) is 0 Å². The lowest BCUT2D eigenvalue weighted by Crippen LogP contribution is -2.21. The molecule has 0 bridgehead atoms. The maximum atomic E-state index is 13.6. The van der Waals surface area contributed by atoms with E-state index in [0.717, 1.165) is 5.56 Å². The van der Waals surface area contributed by atoms with Crippen molar-refractivity contribution in [2.45, 2.75) is 12.5 Å². The van der Waals surface area contributed by atoms with Crippen LogP contribution in [0.3, 0.4) is 0 Å². The Morgan fingerprint density at radius 1 is 1.13 bits per heavy atom. The Morgan fingerprint density at radius 2 is 1.96 bits per heavy atom. The number of aromatic nitrogens is 3. The fourth-order valence-corrected chi connectivity index (χ4v) is 2.82. The molecule has 5 nitrogen and oxygen atoms in total. The predicted octanol–water partition coefficient (Wildman–Crippen LogP) is 3.24. The van der Waals surface area contributed by atoms with Gasteiger partial charge in [-0.1, -0.05) is 30.3 Å². The van der Waals surface area contributed by atoms with E-state index in [-0.39, 0.29) is 11.8 Å². The molecule has 0 amide bonds. The molecule has 0 unspecified atom stereocenters. The molecule has 23 heavy (non-hydrogen) atoms. The van der Waals surface area contributed by atoms with Crippen LogP contribution in [-0.2, 0) is 0 Å². The highest BCUT2D eigenvalue weighted by atomic mass is 19.1. The third kappa shape index (κ3) is 2.38. The molecule has 1 aliphatic rings. The van der Waals surface area contributed by atoms with Crippen LogP contribution >= 0.6 is 0 Å². The quantitative estimate of drug-likeness (QED) is 0.790. The highest BCUT2D eigenvalue weighted by Gasteiger charge is 2.27.